The zero-order chi connectivity index (χ0) is 22.3. The molecule has 0 saturated heterocycles. The number of hydrogen-bond donors (Lipinski definition) is 0. The average molecular weight is 417 g/mol. The van der Waals surface area contributed by atoms with Crippen LogP contribution in [0.2, 0.25) is 0 Å². The maximum Gasteiger partial charge on any atom is 0.309 e. The van der Waals surface area contributed by atoms with Crippen molar-refractivity contribution < 1.29 is 14.3 Å². The highest BCUT2D eigenvalue weighted by Gasteiger charge is 2.30. The lowest BCUT2D eigenvalue weighted by atomic mass is 9.78. The van der Waals surface area contributed by atoms with Crippen molar-refractivity contribution in [2.45, 2.75) is 34.1 Å². The molecule has 0 fully saturated rings. The van der Waals surface area contributed by atoms with Crippen LogP contribution < -0.4 is 4.74 Å². The molecule has 0 amide bonds. The summed E-state index contributed by atoms with van der Waals surface area (Å²) in [6, 6.07) is 26.6. The summed E-state index contributed by atoms with van der Waals surface area (Å²) in [5.41, 5.74) is 4.14. The van der Waals surface area contributed by atoms with Crippen LogP contribution in [-0.4, -0.2) is 19.2 Å². The summed E-state index contributed by atoms with van der Waals surface area (Å²) in [6.07, 6.45) is 0.921. The fraction of sp³-hybridized carbons (Fsp3) is 0.321. The predicted molar refractivity (Wildman–Crippen MR) is 127 cm³/mol. The molecule has 3 heteroatoms. The highest BCUT2D eigenvalue weighted by Crippen LogP contribution is 2.39. The Morgan fingerprint density at radius 3 is 1.81 bits per heavy atom. The second-order valence-electron chi connectivity index (χ2n) is 8.49. The minimum Gasteiger partial charge on any atom is -0.489 e. The zero-order valence-corrected chi connectivity index (χ0v) is 18.9. The van der Waals surface area contributed by atoms with E-state index in [-0.39, 0.29) is 23.9 Å². The van der Waals surface area contributed by atoms with Crippen LogP contribution in [-0.2, 0) is 9.53 Å². The summed E-state index contributed by atoms with van der Waals surface area (Å²) in [4.78, 5) is 12.5. The largest absolute Gasteiger partial charge is 0.489 e. The Bertz CT molecular complexity index is 920. The molecule has 0 aromatic heterocycles. The smallest absolute Gasteiger partial charge is 0.309 e. The Kier molecular flexibility index (Phi) is 7.51. The first-order valence-electron chi connectivity index (χ1n) is 11.0. The summed E-state index contributed by atoms with van der Waals surface area (Å²) < 4.78 is 11.8. The molecule has 3 aromatic rings. The third-order valence-corrected chi connectivity index (χ3v) is 6.20. The number of para-hydroxylation sites is 1. The predicted octanol–water partition coefficient (Wildman–Crippen LogP) is 7.01. The van der Waals surface area contributed by atoms with Gasteiger partial charge in [0, 0.05) is 11.1 Å². The van der Waals surface area contributed by atoms with Gasteiger partial charge >= 0.3 is 5.97 Å². The number of carbonyl (C=O) groups excluding carboxylic acids is 1. The van der Waals surface area contributed by atoms with E-state index < -0.39 is 0 Å². The molecule has 31 heavy (non-hydrogen) atoms. The molecule has 0 radical (unpaired) electrons. The number of rotatable bonds is 9. The Labute approximate surface area is 186 Å². The second kappa shape index (κ2) is 10.3. The van der Waals surface area contributed by atoms with Crippen molar-refractivity contribution in [2.24, 2.45) is 11.3 Å². The lowest BCUT2D eigenvalue weighted by molar-refractivity contribution is -0.152. The molecule has 162 valence electrons. The van der Waals surface area contributed by atoms with Crippen molar-refractivity contribution in [3.05, 3.63) is 78.9 Å². The molecule has 0 aliphatic carbocycles. The maximum absolute atomic E-state index is 12.5. The van der Waals surface area contributed by atoms with Gasteiger partial charge in [-0.25, -0.2) is 0 Å². The Balaban J connectivity index is 1.79. The van der Waals surface area contributed by atoms with E-state index >= 15 is 0 Å². The minimum atomic E-state index is -0.171. The molecular weight excluding hydrogens is 384 g/mol. The molecule has 3 aromatic carbocycles. The Morgan fingerprint density at radius 1 is 0.806 bits per heavy atom. The summed E-state index contributed by atoms with van der Waals surface area (Å²) in [6.45, 7) is 8.74. The van der Waals surface area contributed by atoms with Crippen molar-refractivity contribution >= 4 is 5.97 Å². The van der Waals surface area contributed by atoms with Crippen molar-refractivity contribution in [3.8, 4) is 28.0 Å². The Morgan fingerprint density at radius 2 is 1.32 bits per heavy atom. The molecule has 1 unspecified atom stereocenters. The lowest BCUT2D eigenvalue weighted by Crippen LogP contribution is -2.30. The quantitative estimate of drug-likeness (QED) is 0.278. The summed E-state index contributed by atoms with van der Waals surface area (Å²) in [7, 11) is 0. The van der Waals surface area contributed by atoms with Crippen LogP contribution in [0.15, 0.2) is 78.9 Å². The van der Waals surface area contributed by atoms with E-state index in [1.54, 1.807) is 0 Å². The number of hydrogen-bond acceptors (Lipinski definition) is 3. The van der Waals surface area contributed by atoms with Crippen LogP contribution >= 0.6 is 0 Å². The van der Waals surface area contributed by atoms with E-state index in [0.29, 0.717) is 6.61 Å². The van der Waals surface area contributed by atoms with Crippen molar-refractivity contribution in [2.75, 3.05) is 13.2 Å². The summed E-state index contributed by atoms with van der Waals surface area (Å²) in [5.74, 6) is 0.474. The van der Waals surface area contributed by atoms with Gasteiger partial charge in [0.25, 0.3) is 0 Å². The van der Waals surface area contributed by atoms with E-state index in [0.717, 1.165) is 34.4 Å². The van der Waals surface area contributed by atoms with E-state index in [4.69, 9.17) is 9.47 Å². The van der Waals surface area contributed by atoms with Gasteiger partial charge in [0.2, 0.25) is 0 Å². The van der Waals surface area contributed by atoms with E-state index in [9.17, 15) is 4.79 Å². The standard InChI is InChI=1S/C28H32O3/c1-5-28(3,4)21(2)27(29)31-20-19-30-26-24(22-13-8-6-9-14-22)17-12-18-25(26)23-15-10-7-11-16-23/h6-18,21H,5,19-20H2,1-4H3. The SMILES string of the molecule is CCC(C)(C)C(C)C(=O)OCCOc1c(-c2ccccc2)cccc1-c1ccccc1. The number of esters is 1. The van der Waals surface area contributed by atoms with Gasteiger partial charge < -0.3 is 9.47 Å². The maximum atomic E-state index is 12.5. The van der Waals surface area contributed by atoms with Gasteiger partial charge in [-0.15, -0.1) is 0 Å². The van der Waals surface area contributed by atoms with E-state index in [1.807, 2.05) is 49.4 Å². The molecule has 0 N–H and O–H groups in total. The first-order chi connectivity index (χ1) is 14.9. The fourth-order valence-corrected chi connectivity index (χ4v) is 3.42. The molecule has 0 saturated carbocycles. The van der Waals surface area contributed by atoms with Crippen molar-refractivity contribution in [1.29, 1.82) is 0 Å². The van der Waals surface area contributed by atoms with E-state index in [2.05, 4.69) is 57.2 Å². The van der Waals surface area contributed by atoms with Gasteiger partial charge in [-0.05, 0) is 16.5 Å². The second-order valence-corrected chi connectivity index (χ2v) is 8.49. The fourth-order valence-electron chi connectivity index (χ4n) is 3.42. The molecule has 3 nitrogen and oxygen atoms in total. The van der Waals surface area contributed by atoms with Gasteiger partial charge in [0.15, 0.2) is 0 Å². The van der Waals surface area contributed by atoms with Gasteiger partial charge in [-0.2, -0.15) is 0 Å². The van der Waals surface area contributed by atoms with Gasteiger partial charge in [-0.3, -0.25) is 4.79 Å². The third-order valence-electron chi connectivity index (χ3n) is 6.20. The normalized spacial score (nSPS) is 12.3. The monoisotopic (exact) mass is 416 g/mol. The van der Waals surface area contributed by atoms with Crippen LogP contribution in [0.3, 0.4) is 0 Å². The highest BCUT2D eigenvalue weighted by molar-refractivity contribution is 5.82. The number of ether oxygens (including phenoxy) is 2. The Hall–Kier alpha value is -3.07. The zero-order valence-electron chi connectivity index (χ0n) is 18.9. The van der Waals surface area contributed by atoms with Gasteiger partial charge in [-0.1, -0.05) is 113 Å². The lowest BCUT2D eigenvalue weighted by Gasteiger charge is -2.28. The van der Waals surface area contributed by atoms with E-state index in [1.165, 1.54) is 0 Å². The summed E-state index contributed by atoms with van der Waals surface area (Å²) >= 11 is 0. The topological polar surface area (TPSA) is 35.5 Å². The van der Waals surface area contributed by atoms with Crippen LogP contribution in [0.1, 0.15) is 34.1 Å². The first kappa shape index (κ1) is 22.6. The number of carbonyl (C=O) groups is 1. The summed E-state index contributed by atoms with van der Waals surface area (Å²) in [5, 5.41) is 0. The molecule has 0 aliphatic rings. The highest BCUT2D eigenvalue weighted by atomic mass is 16.6. The van der Waals surface area contributed by atoms with Crippen LogP contribution in [0.4, 0.5) is 0 Å². The number of benzene rings is 3. The molecular formula is C28H32O3. The van der Waals surface area contributed by atoms with Gasteiger partial charge in [0.05, 0.1) is 5.92 Å². The molecule has 3 rings (SSSR count). The van der Waals surface area contributed by atoms with Crippen LogP contribution in [0, 0.1) is 11.3 Å². The third kappa shape index (κ3) is 5.55. The molecule has 0 bridgehead atoms. The van der Waals surface area contributed by atoms with Crippen molar-refractivity contribution in [1.82, 2.24) is 0 Å². The molecule has 0 heterocycles. The van der Waals surface area contributed by atoms with Gasteiger partial charge in [0.1, 0.15) is 19.0 Å². The first-order valence-corrected chi connectivity index (χ1v) is 11.0. The van der Waals surface area contributed by atoms with Crippen molar-refractivity contribution in [3.63, 3.8) is 0 Å². The average Bonchev–Trinajstić information content (AvgIpc) is 2.82. The van der Waals surface area contributed by atoms with Crippen LogP contribution in [0.5, 0.6) is 5.75 Å². The van der Waals surface area contributed by atoms with Crippen LogP contribution in [0.25, 0.3) is 22.3 Å². The molecule has 0 spiro atoms. The molecule has 1 atom stereocenters. The minimum absolute atomic E-state index is 0.0850. The molecule has 0 aliphatic heterocycles.